The molecular weight excluding hydrogens is 691 g/mol. The van der Waals surface area contributed by atoms with Crippen LogP contribution in [0.25, 0.3) is 66.8 Å². The highest BCUT2D eigenvalue weighted by molar-refractivity contribution is 6.19. The van der Waals surface area contributed by atoms with Gasteiger partial charge < -0.3 is 13.9 Å². The van der Waals surface area contributed by atoms with Crippen LogP contribution < -0.4 is 4.90 Å². The Bertz CT molecular complexity index is 3150. The van der Waals surface area contributed by atoms with E-state index in [4.69, 9.17) is 0 Å². The molecule has 0 saturated carbocycles. The first kappa shape index (κ1) is 33.5. The molecule has 11 rings (SSSR count). The van der Waals surface area contributed by atoms with Crippen molar-refractivity contribution in [3.05, 3.63) is 204 Å². The van der Waals surface area contributed by atoms with Gasteiger partial charge in [0.2, 0.25) is 0 Å². The lowest BCUT2D eigenvalue weighted by atomic mass is 9.84. The van der Waals surface area contributed by atoms with Crippen molar-refractivity contribution in [2.75, 3.05) is 4.90 Å². The highest BCUT2D eigenvalue weighted by Crippen LogP contribution is 2.46. The number of allylic oxidation sites excluding steroid dienone is 12. The van der Waals surface area contributed by atoms with Gasteiger partial charge in [0.1, 0.15) is 0 Å². The molecule has 3 heterocycles. The van der Waals surface area contributed by atoms with Crippen molar-refractivity contribution in [3.8, 4) is 5.69 Å². The van der Waals surface area contributed by atoms with Gasteiger partial charge in [0.15, 0.2) is 0 Å². The van der Waals surface area contributed by atoms with Gasteiger partial charge in [0.05, 0.1) is 27.8 Å². The zero-order chi connectivity index (χ0) is 38.0. The number of anilines is 2. The van der Waals surface area contributed by atoms with E-state index in [1.165, 1.54) is 82.7 Å². The van der Waals surface area contributed by atoms with E-state index in [9.17, 15) is 0 Å². The van der Waals surface area contributed by atoms with Crippen molar-refractivity contribution in [1.82, 2.24) is 8.97 Å². The first-order valence-electron chi connectivity index (χ1n) is 20.3. The Hall–Kier alpha value is -6.84. The number of hydrogen-bond acceptors (Lipinski definition) is 1. The quantitative estimate of drug-likeness (QED) is 0.151. The summed E-state index contributed by atoms with van der Waals surface area (Å²) in [4.78, 5) is 2.52. The molecule has 3 heteroatoms. The molecule has 5 aromatic carbocycles. The van der Waals surface area contributed by atoms with Gasteiger partial charge in [-0.15, -0.1) is 0 Å². The summed E-state index contributed by atoms with van der Waals surface area (Å²) in [6, 6.07) is 40.1. The van der Waals surface area contributed by atoms with Crippen LogP contribution in [0.5, 0.6) is 0 Å². The average Bonchev–Trinajstić information content (AvgIpc) is 3.91. The van der Waals surface area contributed by atoms with Crippen LogP contribution >= 0.6 is 0 Å². The molecule has 0 N–H and O–H groups in total. The molecule has 0 amide bonds. The summed E-state index contributed by atoms with van der Waals surface area (Å²) in [6.07, 6.45) is 26.8. The Labute approximate surface area is 333 Å². The van der Waals surface area contributed by atoms with Crippen LogP contribution in [0.1, 0.15) is 49.8 Å². The van der Waals surface area contributed by atoms with E-state index >= 15 is 0 Å². The minimum absolute atomic E-state index is 0.941. The molecule has 0 saturated heterocycles. The van der Waals surface area contributed by atoms with Gasteiger partial charge in [-0.2, -0.15) is 0 Å². The predicted octanol–water partition coefficient (Wildman–Crippen LogP) is 14.7. The van der Waals surface area contributed by atoms with E-state index in [1.54, 1.807) is 0 Å². The summed E-state index contributed by atoms with van der Waals surface area (Å²) in [5.41, 5.74) is 17.7. The summed E-state index contributed by atoms with van der Waals surface area (Å²) in [7, 11) is 0. The summed E-state index contributed by atoms with van der Waals surface area (Å²) in [5.74, 6) is 0. The largest absolute Gasteiger partial charge is 0.314 e. The van der Waals surface area contributed by atoms with Gasteiger partial charge in [0.25, 0.3) is 0 Å². The van der Waals surface area contributed by atoms with Gasteiger partial charge in [-0.3, -0.25) is 0 Å². The second-order valence-corrected chi connectivity index (χ2v) is 15.6. The van der Waals surface area contributed by atoms with Crippen LogP contribution in [0.3, 0.4) is 0 Å². The van der Waals surface area contributed by atoms with E-state index < -0.39 is 0 Å². The third-order valence-corrected chi connectivity index (χ3v) is 12.5. The number of para-hydroxylation sites is 3. The fourth-order valence-electron chi connectivity index (χ4n) is 9.90. The van der Waals surface area contributed by atoms with E-state index in [2.05, 4.69) is 179 Å². The van der Waals surface area contributed by atoms with Crippen LogP contribution in [0.4, 0.5) is 11.4 Å². The number of hydrogen-bond donors (Lipinski definition) is 0. The first-order chi connectivity index (χ1) is 28.2. The van der Waals surface area contributed by atoms with Crippen molar-refractivity contribution in [2.24, 2.45) is 0 Å². The maximum atomic E-state index is 4.30. The van der Waals surface area contributed by atoms with Crippen LogP contribution in [-0.2, 0) is 0 Å². The molecule has 3 aliphatic rings. The van der Waals surface area contributed by atoms with Crippen molar-refractivity contribution in [2.45, 2.75) is 38.5 Å². The minimum atomic E-state index is 0.941. The van der Waals surface area contributed by atoms with Gasteiger partial charge in [-0.1, -0.05) is 110 Å². The Morgan fingerprint density at radius 2 is 1.14 bits per heavy atom. The highest BCUT2D eigenvalue weighted by Gasteiger charge is 2.26. The lowest BCUT2D eigenvalue weighted by molar-refractivity contribution is 0.829. The Morgan fingerprint density at radius 1 is 0.509 bits per heavy atom. The summed E-state index contributed by atoms with van der Waals surface area (Å²) < 4.78 is 4.77. The third-order valence-electron chi connectivity index (χ3n) is 12.5. The normalized spacial score (nSPS) is 15.9. The topological polar surface area (TPSA) is 12.6 Å². The molecule has 3 aromatic heterocycles. The van der Waals surface area contributed by atoms with Crippen LogP contribution in [0.2, 0.25) is 0 Å². The number of nitrogens with zero attached hydrogens (tertiary/aromatic N) is 3. The molecule has 57 heavy (non-hydrogen) atoms. The second kappa shape index (κ2) is 13.4. The molecule has 274 valence electrons. The smallest absolute Gasteiger partial charge is 0.0622 e. The summed E-state index contributed by atoms with van der Waals surface area (Å²) >= 11 is 0. The SMILES string of the molecule is C=Cc1c(C=C)n2c3ccccc3c3cc(N(C4=CC=C(C5=CC=C(C6=CC=CCC6)CC5)CC4)c4ccc5c(c4)c4ccccc4n5-c4ccccc4)cc1c32. The zero-order valence-electron chi connectivity index (χ0n) is 32.1. The van der Waals surface area contributed by atoms with E-state index in [0.29, 0.717) is 0 Å². The maximum absolute atomic E-state index is 4.30. The van der Waals surface area contributed by atoms with Crippen LogP contribution in [0.15, 0.2) is 193 Å². The Balaban J connectivity index is 1.11. The Morgan fingerprint density at radius 3 is 1.82 bits per heavy atom. The van der Waals surface area contributed by atoms with E-state index in [-0.39, 0.29) is 0 Å². The minimum Gasteiger partial charge on any atom is -0.314 e. The Kier molecular flexibility index (Phi) is 7.89. The molecule has 0 aliphatic heterocycles. The lowest BCUT2D eigenvalue weighted by Crippen LogP contribution is -2.18. The standard InChI is InChI=1S/C54H43N3/c1-3-44-48-34-43(35-49-46-20-12-14-22-52(46)57(54(48)49)50(44)4-2)55(41-29-27-39(28-30-41)38-25-23-37(24-26-38)36-15-7-5-8-16-36)42-31-32-53-47(33-42)45-19-11-13-21-51(45)56(53)40-17-9-6-10-18-40/h3-7,9-15,17-23,25,27,29,31-35H,1-2,8,16,24,26,28,30H2. The van der Waals surface area contributed by atoms with Gasteiger partial charge in [-0.05, 0) is 128 Å². The van der Waals surface area contributed by atoms with Crippen molar-refractivity contribution in [3.63, 3.8) is 0 Å². The fourth-order valence-corrected chi connectivity index (χ4v) is 9.90. The number of benzene rings is 5. The molecule has 0 spiro atoms. The van der Waals surface area contributed by atoms with Gasteiger partial charge >= 0.3 is 0 Å². The average molecular weight is 734 g/mol. The summed E-state index contributed by atoms with van der Waals surface area (Å²) in [6.45, 7) is 8.56. The molecule has 0 bridgehead atoms. The number of rotatable bonds is 8. The number of fused-ring (bicyclic) bond motifs is 6. The molecule has 0 unspecified atom stereocenters. The van der Waals surface area contributed by atoms with E-state index in [0.717, 1.165) is 61.2 Å². The van der Waals surface area contributed by atoms with Gasteiger partial charge in [-0.25, -0.2) is 0 Å². The molecule has 0 fully saturated rings. The second-order valence-electron chi connectivity index (χ2n) is 15.6. The molecule has 0 radical (unpaired) electrons. The third kappa shape index (κ3) is 5.26. The van der Waals surface area contributed by atoms with Crippen molar-refractivity contribution < 1.29 is 0 Å². The summed E-state index contributed by atoms with van der Waals surface area (Å²) in [5, 5.41) is 6.18. The van der Waals surface area contributed by atoms with Crippen LogP contribution in [0, 0.1) is 0 Å². The molecule has 3 nitrogen and oxygen atoms in total. The zero-order valence-corrected chi connectivity index (χ0v) is 32.1. The first-order valence-corrected chi connectivity index (χ1v) is 20.3. The maximum Gasteiger partial charge on any atom is 0.0622 e. The predicted molar refractivity (Wildman–Crippen MR) is 244 cm³/mol. The highest BCUT2D eigenvalue weighted by atomic mass is 15.2. The monoisotopic (exact) mass is 733 g/mol. The van der Waals surface area contributed by atoms with Crippen molar-refractivity contribution >= 4 is 72.5 Å². The lowest BCUT2D eigenvalue weighted by Gasteiger charge is -2.31. The molecule has 3 aliphatic carbocycles. The number of aromatic nitrogens is 2. The van der Waals surface area contributed by atoms with Crippen LogP contribution in [-0.4, -0.2) is 8.97 Å². The van der Waals surface area contributed by atoms with E-state index in [1.807, 2.05) is 12.2 Å². The molecule has 0 atom stereocenters. The molecule has 8 aromatic rings. The fraction of sp³-hybridized carbons (Fsp3) is 0.111. The van der Waals surface area contributed by atoms with Gasteiger partial charge in [0, 0.05) is 55.3 Å². The van der Waals surface area contributed by atoms with Crippen molar-refractivity contribution in [1.29, 1.82) is 0 Å². The molecular formula is C54H43N3.